The highest BCUT2D eigenvalue weighted by atomic mass is 35.5. The van der Waals surface area contributed by atoms with Gasteiger partial charge in [0, 0.05) is 5.02 Å². The van der Waals surface area contributed by atoms with Crippen molar-refractivity contribution in [1.82, 2.24) is 9.97 Å². The zero-order valence-corrected chi connectivity index (χ0v) is 12.6. The third-order valence-corrected chi connectivity index (χ3v) is 4.13. The maximum absolute atomic E-state index is 6.08. The average molecular weight is 321 g/mol. The number of fused-ring (bicyclic) bond motifs is 1. The van der Waals surface area contributed by atoms with Crippen molar-refractivity contribution in [2.45, 2.75) is 13.2 Å². The van der Waals surface area contributed by atoms with Crippen LogP contribution in [-0.2, 0) is 18.0 Å². The van der Waals surface area contributed by atoms with Gasteiger partial charge in [-0.3, -0.25) is 0 Å². The van der Waals surface area contributed by atoms with E-state index in [2.05, 4.69) is 15.4 Å². The molecule has 108 valence electrons. The van der Waals surface area contributed by atoms with Crippen LogP contribution >= 0.6 is 22.9 Å². The molecular formula is C14H13ClN4OS. The third kappa shape index (κ3) is 3.14. The standard InChI is InChI=1S/C14H13ClN4OS/c15-11-4-2-1-3-9(11)7-20-8-12-17-13(19-16)10-5-6-21-14(10)18-12/h1-6H,7-8,16H2,(H,17,18,19). The fraction of sp³-hybridized carbons (Fsp3) is 0.143. The molecule has 7 heteroatoms. The summed E-state index contributed by atoms with van der Waals surface area (Å²) in [6.45, 7) is 0.713. The van der Waals surface area contributed by atoms with Crippen molar-refractivity contribution in [3.8, 4) is 0 Å². The molecule has 1 aromatic carbocycles. The Hall–Kier alpha value is -1.73. The Morgan fingerprint density at radius 3 is 2.86 bits per heavy atom. The van der Waals surface area contributed by atoms with Crippen LogP contribution in [0.25, 0.3) is 10.2 Å². The minimum atomic E-state index is 0.299. The molecule has 5 nitrogen and oxygen atoms in total. The van der Waals surface area contributed by atoms with Crippen molar-refractivity contribution in [2.75, 3.05) is 5.43 Å². The van der Waals surface area contributed by atoms with Crippen LogP contribution in [0.15, 0.2) is 35.7 Å². The summed E-state index contributed by atoms with van der Waals surface area (Å²) in [4.78, 5) is 9.68. The van der Waals surface area contributed by atoms with E-state index in [9.17, 15) is 0 Å². The van der Waals surface area contributed by atoms with E-state index in [0.717, 1.165) is 15.8 Å². The molecule has 0 aliphatic carbocycles. The first-order valence-electron chi connectivity index (χ1n) is 6.30. The predicted molar refractivity (Wildman–Crippen MR) is 85.2 cm³/mol. The molecule has 0 aliphatic heterocycles. The predicted octanol–water partition coefficient (Wildman–Crippen LogP) is 3.35. The number of hydrogen-bond acceptors (Lipinski definition) is 6. The number of nitrogens with two attached hydrogens (primary N) is 1. The monoisotopic (exact) mass is 320 g/mol. The first-order chi connectivity index (χ1) is 10.3. The first kappa shape index (κ1) is 14.2. The summed E-state index contributed by atoms with van der Waals surface area (Å²) in [6, 6.07) is 9.51. The van der Waals surface area contributed by atoms with E-state index in [0.29, 0.717) is 29.9 Å². The summed E-state index contributed by atoms with van der Waals surface area (Å²) in [5.41, 5.74) is 3.53. The lowest BCUT2D eigenvalue weighted by Gasteiger charge is -2.07. The summed E-state index contributed by atoms with van der Waals surface area (Å²) in [5, 5.41) is 3.56. The van der Waals surface area contributed by atoms with Crippen molar-refractivity contribution in [1.29, 1.82) is 0 Å². The molecule has 3 aromatic rings. The molecular weight excluding hydrogens is 308 g/mol. The topological polar surface area (TPSA) is 73.1 Å². The van der Waals surface area contributed by atoms with Gasteiger partial charge in [0.15, 0.2) is 11.6 Å². The Labute approximate surface area is 130 Å². The van der Waals surface area contributed by atoms with E-state index in [-0.39, 0.29) is 0 Å². The summed E-state index contributed by atoms with van der Waals surface area (Å²) in [5.74, 6) is 6.69. The first-order valence-corrected chi connectivity index (χ1v) is 7.55. The lowest BCUT2D eigenvalue weighted by Crippen LogP contribution is -2.11. The van der Waals surface area contributed by atoms with Crippen molar-refractivity contribution >= 4 is 39.0 Å². The Bertz CT molecular complexity index is 762. The molecule has 0 bridgehead atoms. The summed E-state index contributed by atoms with van der Waals surface area (Å²) in [7, 11) is 0. The summed E-state index contributed by atoms with van der Waals surface area (Å²) < 4.78 is 5.64. The van der Waals surface area contributed by atoms with E-state index in [4.69, 9.17) is 22.2 Å². The van der Waals surface area contributed by atoms with E-state index in [1.54, 1.807) is 0 Å². The minimum absolute atomic E-state index is 0.299. The van der Waals surface area contributed by atoms with Crippen LogP contribution in [0.3, 0.4) is 0 Å². The number of rotatable bonds is 5. The van der Waals surface area contributed by atoms with Gasteiger partial charge in [-0.05, 0) is 23.1 Å². The van der Waals surface area contributed by atoms with Crippen LogP contribution in [-0.4, -0.2) is 9.97 Å². The number of benzene rings is 1. The lowest BCUT2D eigenvalue weighted by atomic mass is 10.2. The highest BCUT2D eigenvalue weighted by Crippen LogP contribution is 2.24. The smallest absolute Gasteiger partial charge is 0.158 e. The molecule has 0 atom stereocenters. The number of thiophene rings is 1. The molecule has 2 heterocycles. The highest BCUT2D eigenvalue weighted by Gasteiger charge is 2.08. The number of anilines is 1. The maximum atomic E-state index is 6.08. The second-order valence-electron chi connectivity index (χ2n) is 4.36. The molecule has 2 aromatic heterocycles. The van der Waals surface area contributed by atoms with Crippen LogP contribution in [0.1, 0.15) is 11.4 Å². The van der Waals surface area contributed by atoms with Gasteiger partial charge in [0.2, 0.25) is 0 Å². The number of hydrogen-bond donors (Lipinski definition) is 2. The second kappa shape index (κ2) is 6.36. The van der Waals surface area contributed by atoms with Crippen molar-refractivity contribution < 1.29 is 4.74 Å². The quantitative estimate of drug-likeness (QED) is 0.557. The van der Waals surface area contributed by atoms with E-state index in [1.807, 2.05) is 35.7 Å². The van der Waals surface area contributed by atoms with Crippen LogP contribution in [0.5, 0.6) is 0 Å². The highest BCUT2D eigenvalue weighted by molar-refractivity contribution is 7.16. The number of nitrogens with zero attached hydrogens (tertiary/aromatic N) is 2. The molecule has 0 amide bonds. The number of nitrogen functional groups attached to an aromatic ring is 1. The van der Waals surface area contributed by atoms with Gasteiger partial charge in [0.1, 0.15) is 11.4 Å². The molecule has 0 unspecified atom stereocenters. The molecule has 21 heavy (non-hydrogen) atoms. The lowest BCUT2D eigenvalue weighted by molar-refractivity contribution is 0.102. The SMILES string of the molecule is NNc1nc(COCc2ccccc2Cl)nc2sccc12. The van der Waals surface area contributed by atoms with Crippen LogP contribution in [0, 0.1) is 0 Å². The molecule has 0 fully saturated rings. The molecule has 0 aliphatic rings. The molecule has 0 saturated heterocycles. The van der Waals surface area contributed by atoms with Gasteiger partial charge in [-0.15, -0.1) is 11.3 Å². The van der Waals surface area contributed by atoms with Crippen molar-refractivity contribution in [3.63, 3.8) is 0 Å². The van der Waals surface area contributed by atoms with Crippen LogP contribution < -0.4 is 11.3 Å². The van der Waals surface area contributed by atoms with Gasteiger partial charge < -0.3 is 10.2 Å². The number of ether oxygens (including phenoxy) is 1. The Balaban J connectivity index is 1.72. The molecule has 0 radical (unpaired) electrons. The van der Waals surface area contributed by atoms with Gasteiger partial charge >= 0.3 is 0 Å². The molecule has 0 spiro atoms. The van der Waals surface area contributed by atoms with E-state index >= 15 is 0 Å². The van der Waals surface area contributed by atoms with Crippen molar-refractivity contribution in [2.24, 2.45) is 5.84 Å². The van der Waals surface area contributed by atoms with Gasteiger partial charge in [-0.25, -0.2) is 15.8 Å². The van der Waals surface area contributed by atoms with E-state index < -0.39 is 0 Å². The molecule has 3 rings (SSSR count). The van der Waals surface area contributed by atoms with Gasteiger partial charge in [0.05, 0.1) is 12.0 Å². The second-order valence-corrected chi connectivity index (χ2v) is 5.66. The number of halogens is 1. The Morgan fingerprint density at radius 1 is 1.19 bits per heavy atom. The Morgan fingerprint density at radius 2 is 2.05 bits per heavy atom. The number of nitrogens with one attached hydrogen (secondary N) is 1. The van der Waals surface area contributed by atoms with Gasteiger partial charge in [-0.1, -0.05) is 29.8 Å². The van der Waals surface area contributed by atoms with Crippen LogP contribution in [0.2, 0.25) is 5.02 Å². The van der Waals surface area contributed by atoms with Gasteiger partial charge in [-0.2, -0.15) is 0 Å². The Kier molecular flexibility index (Phi) is 4.31. The zero-order valence-electron chi connectivity index (χ0n) is 11.0. The fourth-order valence-corrected chi connectivity index (χ4v) is 2.91. The zero-order chi connectivity index (χ0) is 14.7. The summed E-state index contributed by atoms with van der Waals surface area (Å²) >= 11 is 7.62. The van der Waals surface area contributed by atoms with Crippen molar-refractivity contribution in [3.05, 3.63) is 52.1 Å². The fourth-order valence-electron chi connectivity index (χ4n) is 1.94. The maximum Gasteiger partial charge on any atom is 0.158 e. The third-order valence-electron chi connectivity index (χ3n) is 2.95. The molecule has 3 N–H and O–H groups in total. The number of hydrazine groups is 1. The van der Waals surface area contributed by atoms with Crippen LogP contribution in [0.4, 0.5) is 5.82 Å². The number of aromatic nitrogens is 2. The minimum Gasteiger partial charge on any atom is -0.369 e. The normalized spacial score (nSPS) is 11.0. The average Bonchev–Trinajstić information content (AvgIpc) is 2.97. The largest absolute Gasteiger partial charge is 0.369 e. The van der Waals surface area contributed by atoms with Gasteiger partial charge in [0.25, 0.3) is 0 Å². The summed E-state index contributed by atoms with van der Waals surface area (Å²) in [6.07, 6.45) is 0. The van der Waals surface area contributed by atoms with E-state index in [1.165, 1.54) is 11.3 Å². The molecule has 0 saturated carbocycles.